The van der Waals surface area contributed by atoms with E-state index in [1.165, 1.54) is 0 Å². The topological polar surface area (TPSA) is 149 Å². The minimum Gasteiger partial charge on any atom is -0.396 e. The fraction of sp³-hybridized carbons (Fsp3) is 1.00. The van der Waals surface area contributed by atoms with Gasteiger partial charge in [0.2, 0.25) is 0 Å². The van der Waals surface area contributed by atoms with Gasteiger partial charge in [-0.25, -0.2) is 0 Å². The summed E-state index contributed by atoms with van der Waals surface area (Å²) in [5.74, 6) is 0. The second-order valence-corrected chi connectivity index (χ2v) is 5.62. The molecule has 8 nitrogen and oxygen atoms in total. The Bertz CT molecular complexity index is 366. The van der Waals surface area contributed by atoms with E-state index in [-0.39, 0.29) is 0 Å². The number of aliphatic hydroxyl groups excluding tert-OH is 2. The van der Waals surface area contributed by atoms with Crippen LogP contribution in [0.3, 0.4) is 0 Å². The van der Waals surface area contributed by atoms with Crippen molar-refractivity contribution in [2.45, 2.75) is 17.1 Å². The van der Waals surface area contributed by atoms with Gasteiger partial charge in [-0.2, -0.15) is 16.8 Å². The lowest BCUT2D eigenvalue weighted by atomic mass is 10.3. The van der Waals surface area contributed by atoms with Gasteiger partial charge in [-0.1, -0.05) is 0 Å². The molecule has 0 aromatic rings. The molecule has 10 heteroatoms. The van der Waals surface area contributed by atoms with Crippen molar-refractivity contribution in [1.82, 2.24) is 0 Å². The quantitative estimate of drug-likeness (QED) is 0.403. The minimum atomic E-state index is -5.00. The molecule has 0 heterocycles. The maximum atomic E-state index is 10.5. The van der Waals surface area contributed by atoms with Crippen molar-refractivity contribution < 1.29 is 36.2 Å². The Kier molecular flexibility index (Phi) is 4.42. The van der Waals surface area contributed by atoms with Gasteiger partial charge in [0.05, 0.1) is 0 Å². The van der Waals surface area contributed by atoms with E-state index in [1.807, 2.05) is 0 Å². The van der Waals surface area contributed by atoms with Crippen molar-refractivity contribution in [3.63, 3.8) is 0 Å². The highest BCUT2D eigenvalue weighted by Gasteiger charge is 2.38. The molecule has 2 atom stereocenters. The predicted octanol–water partition coefficient (Wildman–Crippen LogP) is -2.17. The summed E-state index contributed by atoms with van der Waals surface area (Å²) in [6.07, 6.45) is -0.709. The number of rotatable bonds is 5. The predicted molar refractivity (Wildman–Crippen MR) is 44.6 cm³/mol. The molecule has 0 amide bonds. The highest BCUT2D eigenvalue weighted by Crippen LogP contribution is 2.13. The molecule has 0 fully saturated rings. The van der Waals surface area contributed by atoms with Gasteiger partial charge in [0.25, 0.3) is 20.2 Å². The highest BCUT2D eigenvalue weighted by molar-refractivity contribution is 7.90. The fourth-order valence-electron chi connectivity index (χ4n) is 0.758. The first kappa shape index (κ1) is 13.7. The van der Waals surface area contributed by atoms with E-state index in [1.54, 1.807) is 0 Å². The van der Waals surface area contributed by atoms with Crippen LogP contribution in [0.5, 0.6) is 0 Å². The monoisotopic (exact) mass is 250 g/mol. The Balaban J connectivity index is 5.05. The number of hydrogen-bond acceptors (Lipinski definition) is 6. The van der Waals surface area contributed by atoms with Crippen LogP contribution in [0.4, 0.5) is 0 Å². The first-order chi connectivity index (χ1) is 6.10. The lowest BCUT2D eigenvalue weighted by Gasteiger charge is -2.16. The lowest BCUT2D eigenvalue weighted by molar-refractivity contribution is 0.198. The molecule has 0 aromatic heterocycles. The van der Waals surface area contributed by atoms with Gasteiger partial charge in [0.1, 0.15) is 5.25 Å². The van der Waals surface area contributed by atoms with Gasteiger partial charge in [-0.05, 0) is 6.42 Å². The third kappa shape index (κ3) is 3.86. The average molecular weight is 250 g/mol. The van der Waals surface area contributed by atoms with E-state index in [4.69, 9.17) is 19.3 Å². The van der Waals surface area contributed by atoms with Gasteiger partial charge in [-0.3, -0.25) is 9.11 Å². The molecule has 14 heavy (non-hydrogen) atoms. The minimum absolute atomic E-state index is 0.709. The van der Waals surface area contributed by atoms with Crippen LogP contribution in [-0.4, -0.2) is 53.4 Å². The van der Waals surface area contributed by atoms with Gasteiger partial charge in [0, 0.05) is 6.61 Å². The normalized spacial score (nSPS) is 17.7. The Labute approximate surface area is 80.7 Å². The third-order valence-corrected chi connectivity index (χ3v) is 3.79. The summed E-state index contributed by atoms with van der Waals surface area (Å²) in [7, 11) is -9.86. The summed E-state index contributed by atoms with van der Waals surface area (Å²) in [6.45, 7) is -0.767. The molecular weight excluding hydrogens is 240 g/mol. The second kappa shape index (κ2) is 4.51. The van der Waals surface area contributed by atoms with Crippen LogP contribution in [0.15, 0.2) is 0 Å². The summed E-state index contributed by atoms with van der Waals surface area (Å²) < 4.78 is 58.5. The Hall–Kier alpha value is -0.260. The third-order valence-electron chi connectivity index (χ3n) is 1.42. The zero-order valence-corrected chi connectivity index (χ0v) is 8.44. The average Bonchev–Trinajstić information content (AvgIpc) is 1.94. The van der Waals surface area contributed by atoms with E-state index in [0.717, 1.165) is 0 Å². The molecule has 0 bridgehead atoms. The maximum Gasteiger partial charge on any atom is 0.293 e. The van der Waals surface area contributed by atoms with Crippen molar-refractivity contribution in [3.05, 3.63) is 0 Å². The van der Waals surface area contributed by atoms with Crippen molar-refractivity contribution in [2.75, 3.05) is 6.61 Å². The van der Waals surface area contributed by atoms with Crippen LogP contribution in [0.1, 0.15) is 6.42 Å². The molecule has 4 N–H and O–H groups in total. The number of aliphatic hydroxyl groups is 2. The zero-order valence-electron chi connectivity index (χ0n) is 6.81. The summed E-state index contributed by atoms with van der Waals surface area (Å²) in [5, 5.41) is 15.0. The molecule has 0 aliphatic carbocycles. The largest absolute Gasteiger partial charge is 0.396 e. The SMILES string of the molecule is O=S(=O)(O)C(O)C(CCO)S(=O)(=O)O. The first-order valence-electron chi connectivity index (χ1n) is 3.32. The summed E-state index contributed by atoms with van der Waals surface area (Å²) in [5.41, 5.74) is -2.68. The molecule has 0 spiro atoms. The standard InChI is InChI=1S/C4H10O8S2/c5-2-1-3(13(7,8)9)4(6)14(10,11)12/h3-6H,1-2H2,(H,7,8,9)(H,10,11,12). The Morgan fingerprint density at radius 2 is 1.43 bits per heavy atom. The smallest absolute Gasteiger partial charge is 0.293 e. The first-order valence-corrected chi connectivity index (χ1v) is 6.33. The van der Waals surface area contributed by atoms with Crippen molar-refractivity contribution in [1.29, 1.82) is 0 Å². The molecule has 0 saturated carbocycles. The summed E-state index contributed by atoms with van der Waals surface area (Å²) in [6, 6.07) is 0. The molecule has 0 rings (SSSR count). The van der Waals surface area contributed by atoms with E-state index in [2.05, 4.69) is 0 Å². The molecule has 2 unspecified atom stereocenters. The highest BCUT2D eigenvalue weighted by atomic mass is 32.2. The van der Waals surface area contributed by atoms with Gasteiger partial charge >= 0.3 is 0 Å². The molecular formula is C4H10O8S2. The van der Waals surface area contributed by atoms with E-state index >= 15 is 0 Å². The van der Waals surface area contributed by atoms with E-state index in [9.17, 15) is 16.8 Å². The zero-order chi connectivity index (χ0) is 11.6. The van der Waals surface area contributed by atoms with Gasteiger partial charge in [-0.15, -0.1) is 0 Å². The Morgan fingerprint density at radius 3 is 1.64 bits per heavy atom. The van der Waals surface area contributed by atoms with Crippen LogP contribution in [0, 0.1) is 0 Å². The van der Waals surface area contributed by atoms with Crippen LogP contribution in [0.2, 0.25) is 0 Å². The van der Waals surface area contributed by atoms with E-state index in [0.29, 0.717) is 0 Å². The van der Waals surface area contributed by atoms with Crippen LogP contribution < -0.4 is 0 Å². The molecule has 0 aromatic carbocycles. The van der Waals surface area contributed by atoms with Gasteiger partial charge in [0.15, 0.2) is 5.44 Å². The van der Waals surface area contributed by atoms with Crippen LogP contribution in [0.25, 0.3) is 0 Å². The molecule has 86 valence electrons. The van der Waals surface area contributed by atoms with Gasteiger partial charge < -0.3 is 10.2 Å². The molecule has 0 saturated heterocycles. The molecule has 0 aliphatic heterocycles. The van der Waals surface area contributed by atoms with Crippen LogP contribution in [-0.2, 0) is 20.2 Å². The van der Waals surface area contributed by atoms with Crippen molar-refractivity contribution in [3.8, 4) is 0 Å². The van der Waals surface area contributed by atoms with Crippen molar-refractivity contribution in [2.24, 2.45) is 0 Å². The number of hydrogen-bond donors (Lipinski definition) is 4. The maximum absolute atomic E-state index is 10.5. The summed E-state index contributed by atoms with van der Waals surface area (Å²) >= 11 is 0. The molecule has 0 aliphatic rings. The lowest BCUT2D eigenvalue weighted by Crippen LogP contribution is -2.39. The second-order valence-electron chi connectivity index (χ2n) is 2.47. The van der Waals surface area contributed by atoms with Crippen molar-refractivity contribution >= 4 is 20.2 Å². The Morgan fingerprint density at radius 1 is 1.00 bits per heavy atom. The van der Waals surface area contributed by atoms with Crippen LogP contribution >= 0.6 is 0 Å². The van der Waals surface area contributed by atoms with E-state index < -0.39 is 43.9 Å². The fourth-order valence-corrected chi connectivity index (χ4v) is 2.82. The molecule has 0 radical (unpaired) electrons. The summed E-state index contributed by atoms with van der Waals surface area (Å²) in [4.78, 5) is 0.